The number of anilines is 1. The lowest BCUT2D eigenvalue weighted by molar-refractivity contribution is -0.117. The Balaban J connectivity index is 1.77. The topological polar surface area (TPSA) is 106 Å². The van der Waals surface area contributed by atoms with Gasteiger partial charge < -0.3 is 16.0 Å². The first-order valence-corrected chi connectivity index (χ1v) is 7.14. The SMILES string of the molecule is N#C/C(=C/Nc1ncccn1)C(=O)NCCN1CCNCC1. The summed E-state index contributed by atoms with van der Waals surface area (Å²) in [6.07, 6.45) is 4.46. The van der Waals surface area contributed by atoms with Crippen molar-refractivity contribution in [2.24, 2.45) is 0 Å². The molecular formula is C14H19N7O. The van der Waals surface area contributed by atoms with Crippen LogP contribution in [0.15, 0.2) is 30.2 Å². The van der Waals surface area contributed by atoms with Gasteiger partial charge in [-0.05, 0) is 6.07 Å². The van der Waals surface area contributed by atoms with Crippen LogP contribution in [-0.4, -0.2) is 60.0 Å². The van der Waals surface area contributed by atoms with E-state index in [4.69, 9.17) is 5.26 Å². The van der Waals surface area contributed by atoms with Gasteiger partial charge in [-0.1, -0.05) is 0 Å². The summed E-state index contributed by atoms with van der Waals surface area (Å²) in [5, 5.41) is 17.8. The van der Waals surface area contributed by atoms with Gasteiger partial charge in [-0.3, -0.25) is 9.69 Å². The first kappa shape index (κ1) is 15.9. The van der Waals surface area contributed by atoms with Crippen LogP contribution in [0.1, 0.15) is 0 Å². The van der Waals surface area contributed by atoms with Gasteiger partial charge in [0.1, 0.15) is 11.6 Å². The molecule has 22 heavy (non-hydrogen) atoms. The van der Waals surface area contributed by atoms with Crippen molar-refractivity contribution in [1.82, 2.24) is 25.5 Å². The average Bonchev–Trinajstić information content (AvgIpc) is 2.57. The molecule has 116 valence electrons. The Morgan fingerprint density at radius 2 is 2.14 bits per heavy atom. The summed E-state index contributed by atoms with van der Waals surface area (Å²) in [5.74, 6) is -0.0649. The molecule has 1 amide bonds. The molecule has 0 aliphatic carbocycles. The number of piperazine rings is 1. The molecular weight excluding hydrogens is 282 g/mol. The smallest absolute Gasteiger partial charge is 0.263 e. The van der Waals surface area contributed by atoms with Crippen molar-refractivity contribution in [3.8, 4) is 6.07 Å². The van der Waals surface area contributed by atoms with Crippen molar-refractivity contribution in [1.29, 1.82) is 5.26 Å². The third-order valence-electron chi connectivity index (χ3n) is 3.20. The van der Waals surface area contributed by atoms with Crippen LogP contribution in [0, 0.1) is 11.3 Å². The van der Waals surface area contributed by atoms with E-state index in [9.17, 15) is 4.79 Å². The van der Waals surface area contributed by atoms with Crippen LogP contribution in [0.3, 0.4) is 0 Å². The first-order valence-electron chi connectivity index (χ1n) is 7.14. The standard InChI is InChI=1S/C14H19N7O/c15-10-12(11-20-14-18-2-1-3-19-14)13(22)17-6-9-21-7-4-16-5-8-21/h1-3,11,16H,4-9H2,(H,17,22)(H,18,19,20)/b12-11-. The van der Waals surface area contributed by atoms with Crippen LogP contribution in [0.4, 0.5) is 5.95 Å². The van der Waals surface area contributed by atoms with Crippen LogP contribution in [0.2, 0.25) is 0 Å². The molecule has 1 aliphatic heterocycles. The van der Waals surface area contributed by atoms with Gasteiger partial charge in [0.05, 0.1) is 0 Å². The Morgan fingerprint density at radius 1 is 1.41 bits per heavy atom. The van der Waals surface area contributed by atoms with Crippen LogP contribution < -0.4 is 16.0 Å². The fourth-order valence-corrected chi connectivity index (χ4v) is 2.02. The second kappa shape index (κ2) is 8.71. The van der Waals surface area contributed by atoms with Crippen molar-refractivity contribution in [2.45, 2.75) is 0 Å². The van der Waals surface area contributed by atoms with E-state index in [1.807, 2.05) is 6.07 Å². The molecule has 1 aliphatic rings. The number of hydrogen-bond donors (Lipinski definition) is 3. The number of hydrogen-bond acceptors (Lipinski definition) is 7. The minimum absolute atomic E-state index is 0.00670. The number of nitriles is 1. The maximum absolute atomic E-state index is 11.9. The highest BCUT2D eigenvalue weighted by Gasteiger charge is 2.11. The van der Waals surface area contributed by atoms with Crippen molar-refractivity contribution in [2.75, 3.05) is 44.6 Å². The zero-order chi connectivity index (χ0) is 15.6. The van der Waals surface area contributed by atoms with Crippen LogP contribution >= 0.6 is 0 Å². The highest BCUT2D eigenvalue weighted by Crippen LogP contribution is 1.98. The number of nitrogens with one attached hydrogen (secondary N) is 3. The third-order valence-corrected chi connectivity index (χ3v) is 3.20. The molecule has 0 bridgehead atoms. The first-order chi connectivity index (χ1) is 10.8. The Morgan fingerprint density at radius 3 is 2.82 bits per heavy atom. The van der Waals surface area contributed by atoms with Crippen molar-refractivity contribution >= 4 is 11.9 Å². The third kappa shape index (κ3) is 5.12. The normalized spacial score (nSPS) is 15.9. The summed E-state index contributed by atoms with van der Waals surface area (Å²) in [4.78, 5) is 22.1. The van der Waals surface area contributed by atoms with Gasteiger partial charge in [-0.2, -0.15) is 5.26 Å². The number of carbonyl (C=O) groups excluding carboxylic acids is 1. The van der Waals surface area contributed by atoms with Gasteiger partial charge in [-0.15, -0.1) is 0 Å². The summed E-state index contributed by atoms with van der Waals surface area (Å²) in [6, 6.07) is 3.55. The van der Waals surface area contributed by atoms with Crippen molar-refractivity contribution in [3.63, 3.8) is 0 Å². The fraction of sp³-hybridized carbons (Fsp3) is 0.429. The number of carbonyl (C=O) groups is 1. The number of amides is 1. The van der Waals surface area contributed by atoms with Crippen LogP contribution in [0.5, 0.6) is 0 Å². The number of nitrogens with zero attached hydrogens (tertiary/aromatic N) is 4. The zero-order valence-corrected chi connectivity index (χ0v) is 12.2. The highest BCUT2D eigenvalue weighted by molar-refractivity contribution is 5.97. The highest BCUT2D eigenvalue weighted by atomic mass is 16.1. The maximum atomic E-state index is 11.9. The lowest BCUT2D eigenvalue weighted by atomic mass is 10.3. The minimum atomic E-state index is -0.402. The molecule has 0 saturated carbocycles. The number of rotatable bonds is 6. The molecule has 8 heteroatoms. The van der Waals surface area contributed by atoms with Gasteiger partial charge in [0.15, 0.2) is 0 Å². The maximum Gasteiger partial charge on any atom is 0.263 e. The molecule has 0 unspecified atom stereocenters. The molecule has 0 radical (unpaired) electrons. The monoisotopic (exact) mass is 301 g/mol. The van der Waals surface area contributed by atoms with E-state index in [-0.39, 0.29) is 5.57 Å². The Hall–Kier alpha value is -2.50. The number of aromatic nitrogens is 2. The molecule has 2 heterocycles. The van der Waals surface area contributed by atoms with Gasteiger partial charge in [0.25, 0.3) is 5.91 Å². The molecule has 0 aromatic carbocycles. The van der Waals surface area contributed by atoms with E-state index in [0.717, 1.165) is 32.7 Å². The van der Waals surface area contributed by atoms with E-state index in [1.165, 1.54) is 6.20 Å². The van der Waals surface area contributed by atoms with E-state index in [0.29, 0.717) is 12.5 Å². The van der Waals surface area contributed by atoms with E-state index < -0.39 is 5.91 Å². The molecule has 0 atom stereocenters. The van der Waals surface area contributed by atoms with Gasteiger partial charge in [0.2, 0.25) is 5.95 Å². The Bertz CT molecular complexity index is 546. The zero-order valence-electron chi connectivity index (χ0n) is 12.2. The Labute approximate surface area is 129 Å². The van der Waals surface area contributed by atoms with Gasteiger partial charge in [-0.25, -0.2) is 9.97 Å². The van der Waals surface area contributed by atoms with E-state index in [2.05, 4.69) is 30.8 Å². The summed E-state index contributed by atoms with van der Waals surface area (Å²) in [7, 11) is 0. The largest absolute Gasteiger partial charge is 0.350 e. The molecule has 8 nitrogen and oxygen atoms in total. The van der Waals surface area contributed by atoms with Gasteiger partial charge >= 0.3 is 0 Å². The summed E-state index contributed by atoms with van der Waals surface area (Å²) in [5.41, 5.74) is -0.00670. The molecule has 2 rings (SSSR count). The van der Waals surface area contributed by atoms with E-state index in [1.54, 1.807) is 18.5 Å². The average molecular weight is 301 g/mol. The van der Waals surface area contributed by atoms with Crippen LogP contribution in [0.25, 0.3) is 0 Å². The molecule has 1 aromatic rings. The van der Waals surface area contributed by atoms with Crippen LogP contribution in [-0.2, 0) is 4.79 Å². The second-order valence-electron chi connectivity index (χ2n) is 4.73. The second-order valence-corrected chi connectivity index (χ2v) is 4.73. The summed E-state index contributed by atoms with van der Waals surface area (Å²) < 4.78 is 0. The Kier molecular flexibility index (Phi) is 6.29. The fourth-order valence-electron chi connectivity index (χ4n) is 2.02. The predicted molar refractivity (Wildman–Crippen MR) is 81.7 cm³/mol. The summed E-state index contributed by atoms with van der Waals surface area (Å²) >= 11 is 0. The predicted octanol–water partition coefficient (Wildman–Crippen LogP) is -0.683. The summed E-state index contributed by atoms with van der Waals surface area (Å²) in [6.45, 7) is 5.19. The molecule has 1 saturated heterocycles. The molecule has 3 N–H and O–H groups in total. The molecule has 0 spiro atoms. The van der Waals surface area contributed by atoms with E-state index >= 15 is 0 Å². The molecule has 1 aromatic heterocycles. The quantitative estimate of drug-likeness (QED) is 0.472. The van der Waals surface area contributed by atoms with Crippen molar-refractivity contribution in [3.05, 3.63) is 30.2 Å². The lowest BCUT2D eigenvalue weighted by Crippen LogP contribution is -2.46. The van der Waals surface area contributed by atoms with Gasteiger partial charge in [0, 0.05) is 57.9 Å². The lowest BCUT2D eigenvalue weighted by Gasteiger charge is -2.27. The van der Waals surface area contributed by atoms with Crippen molar-refractivity contribution < 1.29 is 4.79 Å². The minimum Gasteiger partial charge on any atom is -0.350 e. The molecule has 1 fully saturated rings.